The van der Waals surface area contributed by atoms with Crippen molar-refractivity contribution in [2.24, 2.45) is 0 Å². The third kappa shape index (κ3) is 6.89. The lowest BCUT2D eigenvalue weighted by molar-refractivity contribution is -0.142. The Morgan fingerprint density at radius 3 is 2.10 bits per heavy atom. The molecule has 0 N–H and O–H groups in total. The molecule has 0 aliphatic carbocycles. The van der Waals surface area contributed by atoms with Crippen molar-refractivity contribution in [2.75, 3.05) is 19.8 Å². The smallest absolute Gasteiger partial charge is 0.345 e. The second-order valence-corrected chi connectivity index (χ2v) is 9.25. The van der Waals surface area contributed by atoms with Gasteiger partial charge in [-0.1, -0.05) is 58.4 Å². The topological polar surface area (TPSA) is 78.9 Å². The molecule has 0 fully saturated rings. The molecule has 0 bridgehead atoms. The summed E-state index contributed by atoms with van der Waals surface area (Å²) in [6.07, 6.45) is 0.115. The van der Waals surface area contributed by atoms with Crippen LogP contribution in [0, 0.1) is 0 Å². The van der Waals surface area contributed by atoms with Crippen LogP contribution in [0.1, 0.15) is 29.8 Å². The summed E-state index contributed by atoms with van der Waals surface area (Å²) < 4.78 is 30.1. The predicted molar refractivity (Wildman–Crippen MR) is 114 cm³/mol. The van der Waals surface area contributed by atoms with Gasteiger partial charge in [0.15, 0.2) is 18.0 Å². The lowest BCUT2D eigenvalue weighted by atomic mass is 10.1. The average Bonchev–Trinajstić information content (AvgIpc) is 2.71. The van der Waals surface area contributed by atoms with Gasteiger partial charge in [0, 0.05) is 10.0 Å². The first kappa shape index (κ1) is 23.5. The molecule has 2 rings (SSSR count). The van der Waals surface area contributed by atoms with Crippen LogP contribution >= 0.6 is 23.5 Å². The number of halogens is 1. The maximum Gasteiger partial charge on any atom is 0.345 e. The zero-order chi connectivity index (χ0) is 21.3. The fourth-order valence-corrected chi connectivity index (χ4v) is 4.88. The van der Waals surface area contributed by atoms with E-state index in [1.54, 1.807) is 38.1 Å². The van der Waals surface area contributed by atoms with Crippen LogP contribution in [-0.2, 0) is 29.6 Å². The van der Waals surface area contributed by atoms with Crippen LogP contribution in [0.15, 0.2) is 59.1 Å². The van der Waals surface area contributed by atoms with E-state index in [1.165, 1.54) is 0 Å². The van der Waals surface area contributed by atoms with Crippen LogP contribution < -0.4 is 0 Å². The number of benzene rings is 2. The minimum Gasteiger partial charge on any atom is -0.457 e. The Morgan fingerprint density at radius 2 is 1.55 bits per heavy atom. The van der Waals surface area contributed by atoms with Gasteiger partial charge in [-0.05, 0) is 38.0 Å². The highest BCUT2D eigenvalue weighted by atomic mass is 79.9. The Bertz CT molecular complexity index is 843. The fraction of sp³-hybridized carbons (Fsp3) is 0.333. The van der Waals surface area contributed by atoms with E-state index in [4.69, 9.17) is 13.8 Å². The molecule has 0 spiro atoms. The maximum atomic E-state index is 13.3. The number of esters is 1. The van der Waals surface area contributed by atoms with Gasteiger partial charge in [-0.15, -0.1) is 0 Å². The number of ketones is 1. The highest BCUT2D eigenvalue weighted by Gasteiger charge is 2.42. The summed E-state index contributed by atoms with van der Waals surface area (Å²) in [6, 6.07) is 15.8. The molecule has 0 aromatic heterocycles. The van der Waals surface area contributed by atoms with E-state index in [0.717, 1.165) is 10.0 Å². The van der Waals surface area contributed by atoms with Gasteiger partial charge in [-0.25, -0.2) is 0 Å². The molecule has 156 valence electrons. The Morgan fingerprint density at radius 1 is 0.966 bits per heavy atom. The molecule has 6 nitrogen and oxygen atoms in total. The lowest BCUT2D eigenvalue weighted by Crippen LogP contribution is -2.29. The molecule has 0 amide bonds. The van der Waals surface area contributed by atoms with Crippen molar-refractivity contribution in [3.8, 4) is 0 Å². The molecule has 0 saturated carbocycles. The highest BCUT2D eigenvalue weighted by Crippen LogP contribution is 2.54. The maximum absolute atomic E-state index is 13.3. The van der Waals surface area contributed by atoms with Crippen molar-refractivity contribution in [3.63, 3.8) is 0 Å². The SMILES string of the molecule is CCOP(=O)(OCC)C(Cc1ccccc1)C(=O)OCC(=O)c1ccc(Br)cc1. The molecule has 0 saturated heterocycles. The van der Waals surface area contributed by atoms with Crippen molar-refractivity contribution in [2.45, 2.75) is 25.9 Å². The average molecular weight is 483 g/mol. The van der Waals surface area contributed by atoms with Crippen molar-refractivity contribution in [1.29, 1.82) is 0 Å². The number of hydrogen-bond acceptors (Lipinski definition) is 6. The Kier molecular flexibility index (Phi) is 9.24. The van der Waals surface area contributed by atoms with E-state index in [1.807, 2.05) is 30.3 Å². The number of rotatable bonds is 11. The Labute approximate surface area is 179 Å². The minimum atomic E-state index is -3.78. The van der Waals surface area contributed by atoms with E-state index < -0.39 is 25.8 Å². The molecule has 1 atom stereocenters. The molecule has 0 heterocycles. The van der Waals surface area contributed by atoms with Gasteiger partial charge in [0.25, 0.3) is 0 Å². The van der Waals surface area contributed by atoms with Crippen molar-refractivity contribution < 1.29 is 27.9 Å². The summed E-state index contributed by atoms with van der Waals surface area (Å²) >= 11 is 3.30. The molecule has 2 aromatic carbocycles. The van der Waals surface area contributed by atoms with Crippen LogP contribution in [0.5, 0.6) is 0 Å². The summed E-state index contributed by atoms with van der Waals surface area (Å²) in [5, 5.41) is 0. The molecular weight excluding hydrogens is 459 g/mol. The number of hydrogen-bond donors (Lipinski definition) is 0. The second-order valence-electron chi connectivity index (χ2n) is 6.12. The van der Waals surface area contributed by atoms with Crippen LogP contribution in [0.2, 0.25) is 0 Å². The summed E-state index contributed by atoms with van der Waals surface area (Å²) in [5.41, 5.74) is 0.0363. The summed E-state index contributed by atoms with van der Waals surface area (Å²) in [5.74, 6) is -1.14. The molecule has 0 aliphatic heterocycles. The molecule has 0 radical (unpaired) electrons. The lowest BCUT2D eigenvalue weighted by Gasteiger charge is -2.25. The third-order valence-corrected chi connectivity index (χ3v) is 6.98. The van der Waals surface area contributed by atoms with Gasteiger partial charge in [0.1, 0.15) is 0 Å². The molecule has 0 aliphatic rings. The van der Waals surface area contributed by atoms with Crippen LogP contribution in [0.4, 0.5) is 0 Å². The number of ether oxygens (including phenoxy) is 1. The zero-order valence-electron chi connectivity index (χ0n) is 16.4. The van der Waals surface area contributed by atoms with E-state index >= 15 is 0 Å². The first-order chi connectivity index (χ1) is 13.9. The van der Waals surface area contributed by atoms with Gasteiger partial charge in [0.05, 0.1) is 13.2 Å². The zero-order valence-corrected chi connectivity index (χ0v) is 18.9. The van der Waals surface area contributed by atoms with Crippen LogP contribution in [-0.4, -0.2) is 37.2 Å². The van der Waals surface area contributed by atoms with Gasteiger partial charge < -0.3 is 13.8 Å². The van der Waals surface area contributed by atoms with E-state index in [9.17, 15) is 14.2 Å². The van der Waals surface area contributed by atoms with E-state index in [2.05, 4.69) is 15.9 Å². The number of carbonyl (C=O) groups is 2. The van der Waals surface area contributed by atoms with Crippen molar-refractivity contribution in [3.05, 3.63) is 70.2 Å². The molecule has 2 aromatic rings. The fourth-order valence-electron chi connectivity index (χ4n) is 2.69. The second kappa shape index (κ2) is 11.4. The van der Waals surface area contributed by atoms with Crippen molar-refractivity contribution in [1.82, 2.24) is 0 Å². The summed E-state index contributed by atoms with van der Waals surface area (Å²) in [7, 11) is -3.78. The van der Waals surface area contributed by atoms with Gasteiger partial charge in [0.2, 0.25) is 0 Å². The number of carbonyl (C=O) groups excluding carboxylic acids is 2. The number of Topliss-reactive ketones (excluding diaryl/α,β-unsaturated/α-hetero) is 1. The normalized spacial score (nSPS) is 12.4. The summed E-state index contributed by atoms with van der Waals surface area (Å²) in [4.78, 5) is 25.1. The van der Waals surface area contributed by atoms with E-state index in [0.29, 0.717) is 5.56 Å². The first-order valence-electron chi connectivity index (χ1n) is 9.27. The molecule has 1 unspecified atom stereocenters. The van der Waals surface area contributed by atoms with Crippen molar-refractivity contribution >= 4 is 35.3 Å². The van der Waals surface area contributed by atoms with Gasteiger partial charge in [-0.2, -0.15) is 0 Å². The Balaban J connectivity index is 2.17. The minimum absolute atomic E-state index is 0.115. The quantitative estimate of drug-likeness (QED) is 0.253. The first-order valence-corrected chi connectivity index (χ1v) is 11.7. The van der Waals surface area contributed by atoms with Gasteiger partial charge in [-0.3, -0.25) is 14.2 Å². The third-order valence-electron chi connectivity index (χ3n) is 4.06. The predicted octanol–water partition coefficient (Wildman–Crippen LogP) is 5.05. The van der Waals surface area contributed by atoms with Gasteiger partial charge >= 0.3 is 13.6 Å². The van der Waals surface area contributed by atoms with E-state index in [-0.39, 0.29) is 25.4 Å². The largest absolute Gasteiger partial charge is 0.457 e. The van der Waals surface area contributed by atoms with Crippen LogP contribution in [0.25, 0.3) is 0 Å². The highest BCUT2D eigenvalue weighted by molar-refractivity contribution is 9.10. The monoisotopic (exact) mass is 482 g/mol. The standard InChI is InChI=1S/C21H24BrO6P/c1-3-27-29(25,28-4-2)20(14-16-8-6-5-7-9-16)21(24)26-15-19(23)17-10-12-18(22)13-11-17/h5-13,20H,3-4,14-15H2,1-2H3. The van der Waals surface area contributed by atoms with Crippen LogP contribution in [0.3, 0.4) is 0 Å². The molecule has 8 heteroatoms. The summed E-state index contributed by atoms with van der Waals surface area (Å²) in [6.45, 7) is 3.13. The molecular formula is C21H24BrO6P. The Hall–Kier alpha value is -1.79. The molecule has 29 heavy (non-hydrogen) atoms.